The normalized spacial score (nSPS) is 25.3. The lowest BCUT2D eigenvalue weighted by atomic mass is 9.88. The van der Waals surface area contributed by atoms with Gasteiger partial charge in [0.05, 0.1) is 11.7 Å². The molecule has 0 aliphatic carbocycles. The fourth-order valence-electron chi connectivity index (χ4n) is 2.36. The van der Waals surface area contributed by atoms with Crippen LogP contribution < -0.4 is 5.32 Å². The minimum Gasteiger partial charge on any atom is -0.378 e. The molecule has 0 amide bonds. The van der Waals surface area contributed by atoms with Crippen molar-refractivity contribution in [3.8, 4) is 0 Å². The van der Waals surface area contributed by atoms with E-state index in [2.05, 4.69) is 37.1 Å². The van der Waals surface area contributed by atoms with E-state index in [0.29, 0.717) is 6.54 Å². The molecule has 0 aromatic carbocycles. The Hall–Kier alpha value is -1.16. The van der Waals surface area contributed by atoms with Gasteiger partial charge in [-0.15, -0.1) is 0 Å². The summed E-state index contributed by atoms with van der Waals surface area (Å²) in [6.07, 6.45) is 3.67. The first-order valence-corrected chi connectivity index (χ1v) is 6.91. The summed E-state index contributed by atoms with van der Waals surface area (Å²) in [5.74, 6) is 0. The van der Waals surface area contributed by atoms with Crippen LogP contribution in [0.4, 0.5) is 10.1 Å². The Kier molecular flexibility index (Phi) is 4.09. The molecule has 0 saturated carbocycles. The fourth-order valence-corrected chi connectivity index (χ4v) is 2.36. The minimum absolute atomic E-state index is 0.0621. The maximum Gasteiger partial charge on any atom is 0.133 e. The molecule has 1 aliphatic rings. The van der Waals surface area contributed by atoms with E-state index in [1.807, 2.05) is 18.1 Å². The van der Waals surface area contributed by atoms with Crippen LogP contribution in [0, 0.1) is 0 Å². The second kappa shape index (κ2) is 5.45. The van der Waals surface area contributed by atoms with E-state index >= 15 is 0 Å². The van der Waals surface area contributed by atoms with Gasteiger partial charge in [-0.25, -0.2) is 4.39 Å². The summed E-state index contributed by atoms with van der Waals surface area (Å²) >= 11 is 0. The lowest BCUT2D eigenvalue weighted by molar-refractivity contribution is 0.149. The highest BCUT2D eigenvalue weighted by Crippen LogP contribution is 2.25. The van der Waals surface area contributed by atoms with Crippen LogP contribution >= 0.6 is 0 Å². The van der Waals surface area contributed by atoms with Crippen LogP contribution in [0.15, 0.2) is 18.5 Å². The highest BCUT2D eigenvalue weighted by atomic mass is 19.1. The maximum atomic E-state index is 14.0. The molecule has 0 unspecified atom stereocenters. The number of aromatic nitrogens is 1. The zero-order valence-corrected chi connectivity index (χ0v) is 12.3. The molecule has 1 aliphatic heterocycles. The van der Waals surface area contributed by atoms with Gasteiger partial charge < -0.3 is 10.2 Å². The molecule has 2 atom stereocenters. The van der Waals surface area contributed by atoms with Crippen molar-refractivity contribution >= 4 is 5.69 Å². The van der Waals surface area contributed by atoms with Crippen molar-refractivity contribution in [3.63, 3.8) is 0 Å². The number of alkyl halides is 1. The Morgan fingerprint density at radius 1 is 1.37 bits per heavy atom. The number of likely N-dealkylation sites (tertiary alicyclic amines) is 1. The highest BCUT2D eigenvalue weighted by molar-refractivity contribution is 5.45. The van der Waals surface area contributed by atoms with Crippen molar-refractivity contribution < 1.29 is 4.39 Å². The average Bonchev–Trinajstić information content (AvgIpc) is 2.32. The zero-order valence-electron chi connectivity index (χ0n) is 12.3. The molecule has 1 saturated heterocycles. The monoisotopic (exact) mass is 265 g/mol. The molecule has 1 fully saturated rings. The van der Waals surface area contributed by atoms with Gasteiger partial charge in [0, 0.05) is 25.5 Å². The third-order valence-corrected chi connectivity index (χ3v) is 3.70. The van der Waals surface area contributed by atoms with Crippen LogP contribution in [0.2, 0.25) is 0 Å². The molecule has 1 aromatic heterocycles. The van der Waals surface area contributed by atoms with Crippen molar-refractivity contribution in [2.24, 2.45) is 0 Å². The maximum absolute atomic E-state index is 14.0. The van der Waals surface area contributed by atoms with Crippen LogP contribution in [0.5, 0.6) is 0 Å². The summed E-state index contributed by atoms with van der Waals surface area (Å²) < 4.78 is 14.0. The molecular formula is C15H24FN3. The van der Waals surface area contributed by atoms with Gasteiger partial charge in [0.25, 0.3) is 0 Å². The Morgan fingerprint density at radius 2 is 2.11 bits per heavy atom. The van der Waals surface area contributed by atoms with E-state index in [4.69, 9.17) is 0 Å². The van der Waals surface area contributed by atoms with Gasteiger partial charge in [-0.3, -0.25) is 4.98 Å². The standard InChI is InChI=1S/C15H24FN3/c1-15(2,3)11-7-12(9-17-8-11)18-14-5-6-19(4)10-13(14)16/h7-9,13-14,18H,5-6,10H2,1-4H3/t13-,14+/m0/s1. The second-order valence-electron chi connectivity index (χ2n) is 6.53. The van der Waals surface area contributed by atoms with Crippen LogP contribution in [0.25, 0.3) is 0 Å². The van der Waals surface area contributed by atoms with E-state index in [1.165, 1.54) is 5.56 Å². The molecule has 1 N–H and O–H groups in total. The third kappa shape index (κ3) is 3.66. The first-order valence-electron chi connectivity index (χ1n) is 6.91. The summed E-state index contributed by atoms with van der Waals surface area (Å²) in [5, 5.41) is 3.30. The Bertz CT molecular complexity index is 428. The van der Waals surface area contributed by atoms with Crippen LogP contribution in [0.1, 0.15) is 32.8 Å². The minimum atomic E-state index is -0.822. The summed E-state index contributed by atoms with van der Waals surface area (Å²) in [6, 6.07) is 1.98. The van der Waals surface area contributed by atoms with Gasteiger partial charge in [0.2, 0.25) is 0 Å². The SMILES string of the molecule is CN1CC[C@@H](Nc2cncc(C(C)(C)C)c2)[C@@H](F)C1. The number of pyridine rings is 1. The Balaban J connectivity index is 2.07. The number of rotatable bonds is 2. The van der Waals surface area contributed by atoms with Gasteiger partial charge in [-0.05, 0) is 30.5 Å². The van der Waals surface area contributed by atoms with E-state index < -0.39 is 6.17 Å². The van der Waals surface area contributed by atoms with Crippen LogP contribution in [-0.2, 0) is 5.41 Å². The molecule has 2 heterocycles. The van der Waals surface area contributed by atoms with Crippen molar-refractivity contribution in [1.29, 1.82) is 0 Å². The largest absolute Gasteiger partial charge is 0.378 e. The van der Waals surface area contributed by atoms with Crippen molar-refractivity contribution in [2.45, 2.75) is 44.8 Å². The molecule has 19 heavy (non-hydrogen) atoms. The van der Waals surface area contributed by atoms with Gasteiger partial charge >= 0.3 is 0 Å². The number of hydrogen-bond acceptors (Lipinski definition) is 3. The van der Waals surface area contributed by atoms with E-state index in [9.17, 15) is 4.39 Å². The van der Waals surface area contributed by atoms with E-state index in [-0.39, 0.29) is 11.5 Å². The van der Waals surface area contributed by atoms with E-state index in [1.54, 1.807) is 6.20 Å². The lowest BCUT2D eigenvalue weighted by Gasteiger charge is -2.33. The molecule has 3 nitrogen and oxygen atoms in total. The van der Waals surface area contributed by atoms with Crippen LogP contribution in [-0.4, -0.2) is 42.2 Å². The lowest BCUT2D eigenvalue weighted by Crippen LogP contribution is -2.46. The summed E-state index contributed by atoms with van der Waals surface area (Å²) in [7, 11) is 1.96. The van der Waals surface area contributed by atoms with Gasteiger partial charge in [-0.2, -0.15) is 0 Å². The highest BCUT2D eigenvalue weighted by Gasteiger charge is 2.27. The van der Waals surface area contributed by atoms with E-state index in [0.717, 1.165) is 18.7 Å². The number of nitrogens with one attached hydrogen (secondary N) is 1. The first kappa shape index (κ1) is 14.3. The zero-order chi connectivity index (χ0) is 14.0. The molecule has 106 valence electrons. The molecular weight excluding hydrogens is 241 g/mol. The predicted molar refractivity (Wildman–Crippen MR) is 77.4 cm³/mol. The first-order chi connectivity index (χ1) is 8.86. The Morgan fingerprint density at radius 3 is 2.74 bits per heavy atom. The van der Waals surface area contributed by atoms with Crippen molar-refractivity contribution in [3.05, 3.63) is 24.0 Å². The molecule has 1 aromatic rings. The fraction of sp³-hybridized carbons (Fsp3) is 0.667. The number of anilines is 1. The number of hydrogen-bond donors (Lipinski definition) is 1. The number of piperidine rings is 1. The Labute approximate surface area is 115 Å². The third-order valence-electron chi connectivity index (χ3n) is 3.70. The topological polar surface area (TPSA) is 28.2 Å². The van der Waals surface area contributed by atoms with Crippen molar-refractivity contribution in [2.75, 3.05) is 25.5 Å². The average molecular weight is 265 g/mol. The molecule has 4 heteroatoms. The predicted octanol–water partition coefficient (Wildman–Crippen LogP) is 2.83. The summed E-state index contributed by atoms with van der Waals surface area (Å²) in [6.45, 7) is 7.90. The quantitative estimate of drug-likeness (QED) is 0.891. The van der Waals surface area contributed by atoms with Crippen LogP contribution in [0.3, 0.4) is 0 Å². The molecule has 0 radical (unpaired) electrons. The molecule has 0 bridgehead atoms. The number of nitrogens with zero attached hydrogens (tertiary/aromatic N) is 2. The van der Waals surface area contributed by atoms with Gasteiger partial charge in [0.1, 0.15) is 6.17 Å². The second-order valence-corrected chi connectivity index (χ2v) is 6.53. The summed E-state index contributed by atoms with van der Waals surface area (Å²) in [4.78, 5) is 6.30. The van der Waals surface area contributed by atoms with Gasteiger partial charge in [0.15, 0.2) is 0 Å². The van der Waals surface area contributed by atoms with Gasteiger partial charge in [-0.1, -0.05) is 20.8 Å². The molecule has 0 spiro atoms. The smallest absolute Gasteiger partial charge is 0.133 e. The summed E-state index contributed by atoms with van der Waals surface area (Å²) in [5.41, 5.74) is 2.15. The molecule has 2 rings (SSSR count). The van der Waals surface area contributed by atoms with Crippen molar-refractivity contribution in [1.82, 2.24) is 9.88 Å². The number of halogens is 1.